The number of halogens is 2. The van der Waals surface area contributed by atoms with Crippen LogP contribution in [0.3, 0.4) is 0 Å². The monoisotopic (exact) mass is 312 g/mol. The van der Waals surface area contributed by atoms with Gasteiger partial charge in [-0.25, -0.2) is 13.4 Å². The van der Waals surface area contributed by atoms with Crippen LogP contribution in [0.2, 0.25) is 10.2 Å². The predicted octanol–water partition coefficient (Wildman–Crippen LogP) is 1.78. The third-order valence-corrected chi connectivity index (χ3v) is 4.78. The van der Waals surface area contributed by atoms with Crippen LogP contribution in [0.5, 0.6) is 0 Å². The first-order valence-electron chi connectivity index (χ1n) is 5.35. The highest BCUT2D eigenvalue weighted by Gasteiger charge is 2.24. The van der Waals surface area contributed by atoms with E-state index in [2.05, 4.69) is 4.98 Å². The van der Waals surface area contributed by atoms with E-state index in [0.717, 1.165) is 6.20 Å². The van der Waals surface area contributed by atoms with E-state index in [-0.39, 0.29) is 28.2 Å². The standard InChI is InChI=1S/C10H14Cl2N2O3S/c1-2-3-14(4-5-15)18(16,17)8-6-9(11)10(12)13-7-8/h6-7,15H,2-5H2,1H3. The van der Waals surface area contributed by atoms with Crippen molar-refractivity contribution in [2.75, 3.05) is 19.7 Å². The molecule has 0 aromatic carbocycles. The summed E-state index contributed by atoms with van der Waals surface area (Å²) in [5.41, 5.74) is 0. The first-order valence-corrected chi connectivity index (χ1v) is 7.55. The fraction of sp³-hybridized carbons (Fsp3) is 0.500. The normalized spacial score (nSPS) is 12.1. The Bertz CT molecular complexity index is 502. The Morgan fingerprint density at radius 3 is 2.56 bits per heavy atom. The van der Waals surface area contributed by atoms with Gasteiger partial charge in [0.05, 0.1) is 11.6 Å². The molecule has 0 saturated heterocycles. The topological polar surface area (TPSA) is 70.5 Å². The van der Waals surface area contributed by atoms with Crippen LogP contribution in [-0.4, -0.2) is 42.5 Å². The van der Waals surface area contributed by atoms with E-state index >= 15 is 0 Å². The Balaban J connectivity index is 3.13. The molecule has 1 aromatic rings. The van der Waals surface area contributed by atoms with Crippen LogP contribution in [0.1, 0.15) is 13.3 Å². The molecule has 0 aliphatic carbocycles. The molecule has 8 heteroatoms. The number of sulfonamides is 1. The number of nitrogens with zero attached hydrogens (tertiary/aromatic N) is 2. The molecule has 0 radical (unpaired) electrons. The molecule has 1 N–H and O–H groups in total. The van der Waals surface area contributed by atoms with Crippen LogP contribution in [0.25, 0.3) is 0 Å². The first kappa shape index (κ1) is 15.7. The Kier molecular flexibility index (Phi) is 5.81. The summed E-state index contributed by atoms with van der Waals surface area (Å²) in [6.45, 7) is 1.97. The molecule has 1 aromatic heterocycles. The number of hydrogen-bond acceptors (Lipinski definition) is 4. The van der Waals surface area contributed by atoms with E-state index in [9.17, 15) is 8.42 Å². The van der Waals surface area contributed by atoms with Crippen molar-refractivity contribution in [1.82, 2.24) is 9.29 Å². The molecular formula is C10H14Cl2N2O3S. The van der Waals surface area contributed by atoms with Crippen LogP contribution in [0.15, 0.2) is 17.2 Å². The van der Waals surface area contributed by atoms with E-state index in [4.69, 9.17) is 28.3 Å². The van der Waals surface area contributed by atoms with Gasteiger partial charge in [-0.2, -0.15) is 4.31 Å². The lowest BCUT2D eigenvalue weighted by molar-refractivity contribution is 0.253. The number of aliphatic hydroxyl groups excluding tert-OH is 1. The first-order chi connectivity index (χ1) is 8.43. The zero-order valence-electron chi connectivity index (χ0n) is 9.81. The van der Waals surface area contributed by atoms with Gasteiger partial charge in [0.15, 0.2) is 0 Å². The molecule has 18 heavy (non-hydrogen) atoms. The lowest BCUT2D eigenvalue weighted by Gasteiger charge is -2.20. The highest BCUT2D eigenvalue weighted by Crippen LogP contribution is 2.24. The zero-order chi connectivity index (χ0) is 13.8. The second-order valence-electron chi connectivity index (χ2n) is 3.57. The fourth-order valence-electron chi connectivity index (χ4n) is 1.41. The second kappa shape index (κ2) is 6.68. The van der Waals surface area contributed by atoms with Gasteiger partial charge < -0.3 is 5.11 Å². The van der Waals surface area contributed by atoms with Crippen LogP contribution in [-0.2, 0) is 10.0 Å². The van der Waals surface area contributed by atoms with Crippen molar-refractivity contribution >= 4 is 33.2 Å². The Morgan fingerprint density at radius 1 is 1.39 bits per heavy atom. The van der Waals surface area contributed by atoms with Crippen molar-refractivity contribution in [2.45, 2.75) is 18.2 Å². The van der Waals surface area contributed by atoms with Gasteiger partial charge in [0.1, 0.15) is 10.0 Å². The van der Waals surface area contributed by atoms with Crippen LogP contribution < -0.4 is 0 Å². The summed E-state index contributed by atoms with van der Waals surface area (Å²) in [5, 5.41) is 9.04. The Morgan fingerprint density at radius 2 is 2.06 bits per heavy atom. The van der Waals surface area contributed by atoms with Crippen molar-refractivity contribution in [2.24, 2.45) is 0 Å². The summed E-state index contributed by atoms with van der Waals surface area (Å²) in [6.07, 6.45) is 1.80. The molecular weight excluding hydrogens is 299 g/mol. The van der Waals surface area contributed by atoms with Crippen molar-refractivity contribution in [3.8, 4) is 0 Å². The van der Waals surface area contributed by atoms with Crippen molar-refractivity contribution in [3.63, 3.8) is 0 Å². The molecule has 0 saturated carbocycles. The Labute approximate surface area is 116 Å². The lowest BCUT2D eigenvalue weighted by atomic mass is 10.5. The van der Waals surface area contributed by atoms with Crippen molar-refractivity contribution in [3.05, 3.63) is 22.4 Å². The molecule has 0 aliphatic heterocycles. The summed E-state index contributed by atoms with van der Waals surface area (Å²) in [7, 11) is -3.70. The van der Waals surface area contributed by atoms with Crippen LogP contribution in [0.4, 0.5) is 0 Å². The van der Waals surface area contributed by atoms with Gasteiger partial charge in [-0.05, 0) is 12.5 Å². The third-order valence-electron chi connectivity index (χ3n) is 2.23. The van der Waals surface area contributed by atoms with Gasteiger partial charge in [-0.1, -0.05) is 30.1 Å². The summed E-state index contributed by atoms with van der Waals surface area (Å²) >= 11 is 11.4. The van der Waals surface area contributed by atoms with E-state index in [0.29, 0.717) is 13.0 Å². The number of aliphatic hydroxyl groups is 1. The van der Waals surface area contributed by atoms with Crippen LogP contribution in [0, 0.1) is 0 Å². The number of rotatable bonds is 6. The Hall–Kier alpha value is -0.400. The number of pyridine rings is 1. The summed E-state index contributed by atoms with van der Waals surface area (Å²) in [4.78, 5) is 3.68. The van der Waals surface area contributed by atoms with Gasteiger partial charge in [0.25, 0.3) is 0 Å². The predicted molar refractivity (Wildman–Crippen MR) is 70.4 cm³/mol. The molecule has 0 atom stereocenters. The minimum Gasteiger partial charge on any atom is -0.395 e. The zero-order valence-corrected chi connectivity index (χ0v) is 12.1. The third kappa shape index (κ3) is 3.55. The average molecular weight is 313 g/mol. The van der Waals surface area contributed by atoms with E-state index in [1.54, 1.807) is 0 Å². The minimum atomic E-state index is -3.70. The summed E-state index contributed by atoms with van der Waals surface area (Å²) in [6, 6.07) is 1.26. The largest absolute Gasteiger partial charge is 0.395 e. The molecule has 0 bridgehead atoms. The quantitative estimate of drug-likeness (QED) is 0.813. The van der Waals surface area contributed by atoms with E-state index in [1.165, 1.54) is 10.4 Å². The van der Waals surface area contributed by atoms with Gasteiger partial charge in [-0.3, -0.25) is 0 Å². The van der Waals surface area contributed by atoms with Crippen molar-refractivity contribution in [1.29, 1.82) is 0 Å². The molecule has 0 unspecified atom stereocenters. The SMILES string of the molecule is CCCN(CCO)S(=O)(=O)c1cnc(Cl)c(Cl)c1. The number of hydrogen-bond donors (Lipinski definition) is 1. The number of aromatic nitrogens is 1. The molecule has 1 heterocycles. The molecule has 1 rings (SSSR count). The van der Waals surface area contributed by atoms with Crippen molar-refractivity contribution < 1.29 is 13.5 Å². The second-order valence-corrected chi connectivity index (χ2v) is 6.27. The van der Waals surface area contributed by atoms with E-state index < -0.39 is 10.0 Å². The van der Waals surface area contributed by atoms with Gasteiger partial charge >= 0.3 is 0 Å². The van der Waals surface area contributed by atoms with Gasteiger partial charge in [0.2, 0.25) is 10.0 Å². The van der Waals surface area contributed by atoms with E-state index in [1.807, 2.05) is 6.92 Å². The molecule has 0 fully saturated rings. The molecule has 5 nitrogen and oxygen atoms in total. The smallest absolute Gasteiger partial charge is 0.244 e. The maximum Gasteiger partial charge on any atom is 0.244 e. The van der Waals surface area contributed by atoms with Crippen LogP contribution >= 0.6 is 23.2 Å². The minimum absolute atomic E-state index is 0.0289. The molecule has 102 valence electrons. The van der Waals surface area contributed by atoms with Gasteiger partial charge in [-0.15, -0.1) is 0 Å². The maximum absolute atomic E-state index is 12.2. The summed E-state index contributed by atoms with van der Waals surface area (Å²) in [5.74, 6) is 0. The molecule has 0 spiro atoms. The average Bonchev–Trinajstić information content (AvgIpc) is 2.32. The molecule has 0 amide bonds. The highest BCUT2D eigenvalue weighted by atomic mass is 35.5. The molecule has 0 aliphatic rings. The van der Waals surface area contributed by atoms with Gasteiger partial charge in [0, 0.05) is 19.3 Å². The lowest BCUT2D eigenvalue weighted by Crippen LogP contribution is -2.34. The maximum atomic E-state index is 12.2. The summed E-state index contributed by atoms with van der Waals surface area (Å²) < 4.78 is 25.7. The fourth-order valence-corrected chi connectivity index (χ4v) is 3.24. The highest BCUT2D eigenvalue weighted by molar-refractivity contribution is 7.89.